The number of fused-ring (bicyclic) bond motifs is 1. The molecule has 1 saturated carbocycles. The third kappa shape index (κ3) is 2.79. The number of aromatic amines is 1. The minimum Gasteiger partial charge on any atom is -0.312 e. The van der Waals surface area contributed by atoms with Gasteiger partial charge in [-0.05, 0) is 36.4 Å². The second-order valence-corrected chi connectivity index (χ2v) is 4.90. The van der Waals surface area contributed by atoms with Crippen molar-refractivity contribution in [3.8, 4) is 0 Å². The fourth-order valence-corrected chi connectivity index (χ4v) is 2.18. The number of halogens is 1. The largest absolute Gasteiger partial charge is 0.312 e. The van der Waals surface area contributed by atoms with Gasteiger partial charge in [-0.1, -0.05) is 19.1 Å². The number of nitrogens with zero attached hydrogens (tertiary/aromatic N) is 1. The topological polar surface area (TPSA) is 40.7 Å². The van der Waals surface area contributed by atoms with E-state index in [2.05, 4.69) is 40.6 Å². The molecule has 1 aliphatic carbocycles. The summed E-state index contributed by atoms with van der Waals surface area (Å²) in [5, 5.41) is 11.7. The molecule has 1 aliphatic rings. The Kier molecular flexibility index (Phi) is 3.69. The van der Waals surface area contributed by atoms with Crippen LogP contribution in [0.3, 0.4) is 0 Å². The molecule has 0 spiro atoms. The van der Waals surface area contributed by atoms with Crippen molar-refractivity contribution in [3.05, 3.63) is 30.0 Å². The number of H-pyrrole nitrogens is 1. The monoisotopic (exact) mass is 251 g/mol. The molecule has 0 radical (unpaired) electrons. The van der Waals surface area contributed by atoms with Crippen molar-refractivity contribution in [1.29, 1.82) is 0 Å². The lowest BCUT2D eigenvalue weighted by Gasteiger charge is -2.04. The summed E-state index contributed by atoms with van der Waals surface area (Å²) in [6.45, 7) is 4.43. The first-order valence-corrected chi connectivity index (χ1v) is 5.95. The standard InChI is InChI=1S/C13H17N3.ClH/c1-9-4-12(9)7-14-6-10-2-3-11-8-15-16-13(11)5-10;/h2-3,5,8-9,12,14H,4,6-7H2,1H3,(H,15,16);1H. The number of hydrogen-bond donors (Lipinski definition) is 2. The first-order chi connectivity index (χ1) is 7.83. The van der Waals surface area contributed by atoms with Gasteiger partial charge in [-0.2, -0.15) is 5.10 Å². The highest BCUT2D eigenvalue weighted by molar-refractivity contribution is 5.85. The fourth-order valence-electron chi connectivity index (χ4n) is 2.18. The molecule has 1 heterocycles. The molecule has 1 fully saturated rings. The van der Waals surface area contributed by atoms with Gasteiger partial charge in [0.15, 0.2) is 0 Å². The molecule has 3 nitrogen and oxygen atoms in total. The number of nitrogens with one attached hydrogen (secondary N) is 2. The minimum atomic E-state index is 0. The molecule has 2 aromatic rings. The van der Waals surface area contributed by atoms with Crippen molar-refractivity contribution in [2.45, 2.75) is 19.9 Å². The molecule has 2 N–H and O–H groups in total. The quantitative estimate of drug-likeness (QED) is 0.877. The van der Waals surface area contributed by atoms with Crippen molar-refractivity contribution < 1.29 is 0 Å². The Balaban J connectivity index is 0.00000108. The van der Waals surface area contributed by atoms with Crippen LogP contribution in [0, 0.1) is 11.8 Å². The van der Waals surface area contributed by atoms with Gasteiger partial charge in [0, 0.05) is 11.9 Å². The molecule has 4 heteroatoms. The summed E-state index contributed by atoms with van der Waals surface area (Å²) in [4.78, 5) is 0. The second-order valence-electron chi connectivity index (χ2n) is 4.90. The van der Waals surface area contributed by atoms with Gasteiger partial charge in [0.2, 0.25) is 0 Å². The average Bonchev–Trinajstić information content (AvgIpc) is 2.80. The summed E-state index contributed by atoms with van der Waals surface area (Å²) in [5.41, 5.74) is 2.45. The summed E-state index contributed by atoms with van der Waals surface area (Å²) in [5.74, 6) is 1.85. The van der Waals surface area contributed by atoms with E-state index in [0.29, 0.717) is 0 Å². The smallest absolute Gasteiger partial charge is 0.0653 e. The molecule has 3 rings (SSSR count). The van der Waals surface area contributed by atoms with Gasteiger partial charge < -0.3 is 5.32 Å². The molecule has 1 aromatic heterocycles. The first kappa shape index (κ1) is 12.4. The van der Waals surface area contributed by atoms with Crippen LogP contribution in [0.1, 0.15) is 18.9 Å². The Hall–Kier alpha value is -1.06. The number of aromatic nitrogens is 2. The van der Waals surface area contributed by atoms with E-state index < -0.39 is 0 Å². The highest BCUT2D eigenvalue weighted by Crippen LogP contribution is 2.36. The molecule has 17 heavy (non-hydrogen) atoms. The summed E-state index contributed by atoms with van der Waals surface area (Å²) < 4.78 is 0. The van der Waals surface area contributed by atoms with Gasteiger partial charge in [0.25, 0.3) is 0 Å². The molecule has 2 unspecified atom stereocenters. The Bertz CT molecular complexity index is 494. The molecule has 1 aromatic carbocycles. The molecule has 0 bridgehead atoms. The normalized spacial score (nSPS) is 22.4. The zero-order valence-corrected chi connectivity index (χ0v) is 10.8. The van der Waals surface area contributed by atoms with Crippen LogP contribution in [0.15, 0.2) is 24.4 Å². The lowest BCUT2D eigenvalue weighted by Crippen LogP contribution is -2.16. The lowest BCUT2D eigenvalue weighted by atomic mass is 10.1. The van der Waals surface area contributed by atoms with Crippen LogP contribution in [0.5, 0.6) is 0 Å². The highest BCUT2D eigenvalue weighted by atomic mass is 35.5. The van der Waals surface area contributed by atoms with Crippen LogP contribution in [0.25, 0.3) is 10.9 Å². The van der Waals surface area contributed by atoms with Crippen molar-refractivity contribution in [2.75, 3.05) is 6.54 Å². The lowest BCUT2D eigenvalue weighted by molar-refractivity contribution is 0.612. The number of hydrogen-bond acceptors (Lipinski definition) is 2. The van der Waals surface area contributed by atoms with Crippen LogP contribution in [-0.2, 0) is 6.54 Å². The van der Waals surface area contributed by atoms with Gasteiger partial charge in [-0.3, -0.25) is 5.10 Å². The predicted octanol–water partition coefficient (Wildman–Crippen LogP) is 2.73. The van der Waals surface area contributed by atoms with Crippen molar-refractivity contribution in [1.82, 2.24) is 15.5 Å². The minimum absolute atomic E-state index is 0. The van der Waals surface area contributed by atoms with E-state index in [1.807, 2.05) is 6.20 Å². The zero-order valence-electron chi connectivity index (χ0n) is 9.94. The van der Waals surface area contributed by atoms with Crippen molar-refractivity contribution >= 4 is 23.3 Å². The van der Waals surface area contributed by atoms with Gasteiger partial charge in [-0.25, -0.2) is 0 Å². The van der Waals surface area contributed by atoms with Gasteiger partial charge in [-0.15, -0.1) is 12.4 Å². The highest BCUT2D eigenvalue weighted by Gasteiger charge is 2.31. The third-order valence-electron chi connectivity index (χ3n) is 3.52. The predicted molar refractivity (Wildman–Crippen MR) is 72.3 cm³/mol. The fraction of sp³-hybridized carbons (Fsp3) is 0.462. The van der Waals surface area contributed by atoms with E-state index in [4.69, 9.17) is 0 Å². The van der Waals surface area contributed by atoms with Crippen LogP contribution >= 0.6 is 12.4 Å². The van der Waals surface area contributed by atoms with E-state index >= 15 is 0 Å². The van der Waals surface area contributed by atoms with Crippen molar-refractivity contribution in [2.24, 2.45) is 11.8 Å². The molecule has 2 atom stereocenters. The van der Waals surface area contributed by atoms with Crippen molar-refractivity contribution in [3.63, 3.8) is 0 Å². The van der Waals surface area contributed by atoms with E-state index in [1.54, 1.807) is 0 Å². The maximum atomic E-state index is 4.03. The molecular formula is C13H18ClN3. The van der Waals surface area contributed by atoms with Gasteiger partial charge in [0.1, 0.15) is 0 Å². The van der Waals surface area contributed by atoms with Gasteiger partial charge in [0.05, 0.1) is 11.7 Å². The van der Waals surface area contributed by atoms with Crippen LogP contribution in [0.4, 0.5) is 0 Å². The van der Waals surface area contributed by atoms with E-state index in [9.17, 15) is 0 Å². The molecular weight excluding hydrogens is 234 g/mol. The molecule has 0 saturated heterocycles. The summed E-state index contributed by atoms with van der Waals surface area (Å²) in [7, 11) is 0. The Morgan fingerprint density at radius 2 is 2.29 bits per heavy atom. The Morgan fingerprint density at radius 3 is 3.06 bits per heavy atom. The second kappa shape index (κ2) is 5.07. The SMILES string of the molecule is CC1CC1CNCc1ccc2cn[nH]c2c1.Cl. The Morgan fingerprint density at radius 1 is 1.47 bits per heavy atom. The Labute approximate surface area is 107 Å². The van der Waals surface area contributed by atoms with Crippen LogP contribution < -0.4 is 5.32 Å². The van der Waals surface area contributed by atoms with Crippen LogP contribution in [-0.4, -0.2) is 16.7 Å². The first-order valence-electron chi connectivity index (χ1n) is 5.95. The molecule has 0 aliphatic heterocycles. The molecule has 0 amide bonds. The van der Waals surface area contributed by atoms with E-state index in [0.717, 1.165) is 30.4 Å². The molecule has 92 valence electrons. The average molecular weight is 252 g/mol. The van der Waals surface area contributed by atoms with Crippen LogP contribution in [0.2, 0.25) is 0 Å². The third-order valence-corrected chi connectivity index (χ3v) is 3.52. The van der Waals surface area contributed by atoms with Gasteiger partial charge >= 0.3 is 0 Å². The summed E-state index contributed by atoms with van der Waals surface area (Å²) >= 11 is 0. The zero-order chi connectivity index (χ0) is 11.0. The summed E-state index contributed by atoms with van der Waals surface area (Å²) in [6.07, 6.45) is 3.25. The maximum Gasteiger partial charge on any atom is 0.0653 e. The van der Waals surface area contributed by atoms with E-state index in [1.165, 1.54) is 17.4 Å². The summed E-state index contributed by atoms with van der Waals surface area (Å²) in [6, 6.07) is 6.46. The maximum absolute atomic E-state index is 4.03. The number of benzene rings is 1. The number of rotatable bonds is 4. The van der Waals surface area contributed by atoms with E-state index in [-0.39, 0.29) is 12.4 Å².